The van der Waals surface area contributed by atoms with Gasteiger partial charge in [-0.2, -0.15) is 0 Å². The Labute approximate surface area is 209 Å². The Bertz CT molecular complexity index is 736. The van der Waals surface area contributed by atoms with Crippen LogP contribution >= 0.6 is 24.0 Å². The van der Waals surface area contributed by atoms with Crippen LogP contribution in [0.25, 0.3) is 0 Å². The zero-order valence-electron chi connectivity index (χ0n) is 19.4. The fourth-order valence-electron chi connectivity index (χ4n) is 4.66. The Kier molecular flexibility index (Phi) is 10.2. The third-order valence-electron chi connectivity index (χ3n) is 6.38. The smallest absolute Gasteiger partial charge is 0.194 e. The van der Waals surface area contributed by atoms with E-state index < -0.39 is 0 Å². The van der Waals surface area contributed by atoms with Gasteiger partial charge in [0.2, 0.25) is 0 Å². The summed E-state index contributed by atoms with van der Waals surface area (Å²) in [6, 6.07) is 6.06. The first kappa shape index (κ1) is 25.4. The summed E-state index contributed by atoms with van der Waals surface area (Å²) in [6.07, 6.45) is 7.57. The van der Waals surface area contributed by atoms with E-state index >= 15 is 0 Å². The van der Waals surface area contributed by atoms with Crippen LogP contribution < -0.4 is 14.8 Å². The van der Waals surface area contributed by atoms with Gasteiger partial charge in [0.05, 0.1) is 32.5 Å². The largest absolute Gasteiger partial charge is 0.497 e. The van der Waals surface area contributed by atoms with Gasteiger partial charge in [-0.3, -0.25) is 0 Å². The molecule has 2 unspecified atom stereocenters. The number of nitrogens with one attached hydrogen (secondary N) is 1. The van der Waals surface area contributed by atoms with Gasteiger partial charge in [-0.15, -0.1) is 24.0 Å². The van der Waals surface area contributed by atoms with E-state index in [-0.39, 0.29) is 36.2 Å². The lowest BCUT2D eigenvalue weighted by Gasteiger charge is -2.37. The highest BCUT2D eigenvalue weighted by Gasteiger charge is 2.32. The number of guanidine groups is 1. The summed E-state index contributed by atoms with van der Waals surface area (Å²) in [6.45, 7) is 6.70. The Morgan fingerprint density at radius 3 is 2.66 bits per heavy atom. The quantitative estimate of drug-likeness (QED) is 0.310. The highest BCUT2D eigenvalue weighted by molar-refractivity contribution is 14.0. The number of ether oxygens (including phenoxy) is 4. The summed E-state index contributed by atoms with van der Waals surface area (Å²) in [5.74, 6) is 2.64. The van der Waals surface area contributed by atoms with Crippen LogP contribution in [0.1, 0.15) is 51.0 Å². The zero-order valence-corrected chi connectivity index (χ0v) is 21.7. The van der Waals surface area contributed by atoms with Crippen LogP contribution in [0.4, 0.5) is 0 Å². The molecule has 1 N–H and O–H groups in total. The Morgan fingerprint density at radius 1 is 1.12 bits per heavy atom. The first-order chi connectivity index (χ1) is 15.3. The van der Waals surface area contributed by atoms with Gasteiger partial charge >= 0.3 is 0 Å². The molecule has 1 aliphatic carbocycles. The van der Waals surface area contributed by atoms with Crippen molar-refractivity contribution in [3.8, 4) is 11.5 Å². The molecule has 0 amide bonds. The van der Waals surface area contributed by atoms with Crippen LogP contribution in [0.2, 0.25) is 0 Å². The highest BCUT2D eigenvalue weighted by Crippen LogP contribution is 2.30. The van der Waals surface area contributed by atoms with Crippen molar-refractivity contribution >= 4 is 29.9 Å². The van der Waals surface area contributed by atoms with Gasteiger partial charge in [-0.05, 0) is 57.6 Å². The summed E-state index contributed by atoms with van der Waals surface area (Å²) in [5.41, 5.74) is 1.09. The molecule has 2 saturated heterocycles. The summed E-state index contributed by atoms with van der Waals surface area (Å²) < 4.78 is 23.7. The Hall–Kier alpha value is -1.26. The molecular weight excluding hydrogens is 521 g/mol. The molecule has 1 aromatic rings. The maximum Gasteiger partial charge on any atom is 0.194 e. The van der Waals surface area contributed by atoms with Crippen molar-refractivity contribution in [2.24, 2.45) is 4.99 Å². The van der Waals surface area contributed by atoms with E-state index in [0.29, 0.717) is 19.3 Å². The fourth-order valence-corrected chi connectivity index (χ4v) is 4.66. The van der Waals surface area contributed by atoms with Gasteiger partial charge in [-0.1, -0.05) is 0 Å². The van der Waals surface area contributed by atoms with E-state index in [9.17, 15) is 0 Å². The Balaban J connectivity index is 0.00000289. The predicted molar refractivity (Wildman–Crippen MR) is 136 cm³/mol. The highest BCUT2D eigenvalue weighted by atomic mass is 127. The van der Waals surface area contributed by atoms with Crippen LogP contribution in [-0.4, -0.2) is 69.1 Å². The number of halogens is 1. The number of hydrogen-bond acceptors (Lipinski definition) is 5. The minimum Gasteiger partial charge on any atom is -0.497 e. The standard InChI is InChI=1S/C24H37N3O4.HI/c1-3-25-24(27-12-14-30-23(17-27)21-9-6-13-29-21)26-16-18-10-11-20(28-2)15-22(18)31-19-7-4-5-8-19;/h10-11,15,19,21,23H,3-9,12-14,16-17H2,1-2H3,(H,25,26);1H. The first-order valence-corrected chi connectivity index (χ1v) is 11.9. The van der Waals surface area contributed by atoms with Crippen molar-refractivity contribution in [2.75, 3.05) is 40.0 Å². The molecule has 2 heterocycles. The van der Waals surface area contributed by atoms with Crippen molar-refractivity contribution in [3.05, 3.63) is 23.8 Å². The third-order valence-corrected chi connectivity index (χ3v) is 6.38. The van der Waals surface area contributed by atoms with Crippen LogP contribution in [0.3, 0.4) is 0 Å². The average Bonchev–Trinajstić information content (AvgIpc) is 3.52. The van der Waals surface area contributed by atoms with Crippen LogP contribution in [0.5, 0.6) is 11.5 Å². The zero-order chi connectivity index (χ0) is 21.5. The molecule has 3 aliphatic rings. The first-order valence-electron chi connectivity index (χ1n) is 11.9. The van der Waals surface area contributed by atoms with Crippen molar-refractivity contribution in [1.82, 2.24) is 10.2 Å². The van der Waals surface area contributed by atoms with E-state index in [1.807, 2.05) is 12.1 Å². The number of nitrogens with zero attached hydrogens (tertiary/aromatic N) is 2. The minimum atomic E-state index is 0. The lowest BCUT2D eigenvalue weighted by Crippen LogP contribution is -2.53. The van der Waals surface area contributed by atoms with Crippen LogP contribution in [0.15, 0.2) is 23.2 Å². The fraction of sp³-hybridized carbons (Fsp3) is 0.708. The van der Waals surface area contributed by atoms with Crippen molar-refractivity contribution in [3.63, 3.8) is 0 Å². The van der Waals surface area contributed by atoms with Gasteiger partial charge in [0.15, 0.2) is 5.96 Å². The molecular formula is C24H38IN3O4. The molecule has 1 saturated carbocycles. The monoisotopic (exact) mass is 559 g/mol. The maximum absolute atomic E-state index is 6.35. The van der Waals surface area contributed by atoms with E-state index in [1.54, 1.807) is 7.11 Å². The van der Waals surface area contributed by atoms with Gasteiger partial charge in [0.25, 0.3) is 0 Å². The molecule has 3 fully saturated rings. The third kappa shape index (κ3) is 6.63. The van der Waals surface area contributed by atoms with Crippen LogP contribution in [0, 0.1) is 0 Å². The number of morpholine rings is 1. The summed E-state index contributed by atoms with van der Waals surface area (Å²) in [7, 11) is 1.69. The molecule has 4 rings (SSSR count). The van der Waals surface area contributed by atoms with Gasteiger partial charge in [0.1, 0.15) is 17.6 Å². The second kappa shape index (κ2) is 12.8. The molecule has 0 radical (unpaired) electrons. The normalized spacial score (nSPS) is 24.3. The number of methoxy groups -OCH3 is 1. The molecule has 8 heteroatoms. The molecule has 1 aromatic carbocycles. The van der Waals surface area contributed by atoms with E-state index in [4.69, 9.17) is 23.9 Å². The number of rotatable bonds is 7. The van der Waals surface area contributed by atoms with Gasteiger partial charge in [-0.25, -0.2) is 4.99 Å². The predicted octanol–water partition coefficient (Wildman–Crippen LogP) is 3.98. The number of benzene rings is 1. The van der Waals surface area contributed by atoms with Crippen molar-refractivity contribution in [1.29, 1.82) is 0 Å². The maximum atomic E-state index is 6.35. The minimum absolute atomic E-state index is 0. The molecule has 0 aromatic heterocycles. The summed E-state index contributed by atoms with van der Waals surface area (Å²) in [5, 5.41) is 3.46. The molecule has 180 valence electrons. The second-order valence-corrected chi connectivity index (χ2v) is 8.57. The van der Waals surface area contributed by atoms with Gasteiger partial charge < -0.3 is 29.2 Å². The lowest BCUT2D eigenvalue weighted by atomic mass is 10.1. The van der Waals surface area contributed by atoms with E-state index in [1.165, 1.54) is 12.8 Å². The topological polar surface area (TPSA) is 64.6 Å². The number of aliphatic imine (C=N–C) groups is 1. The SMILES string of the molecule is CCNC(=NCc1ccc(OC)cc1OC1CCCC1)N1CCOC(C2CCCO2)C1.I. The molecule has 0 bridgehead atoms. The summed E-state index contributed by atoms with van der Waals surface area (Å²) >= 11 is 0. The number of hydrogen-bond donors (Lipinski definition) is 1. The lowest BCUT2D eigenvalue weighted by molar-refractivity contribution is -0.0817. The molecule has 2 atom stereocenters. The molecule has 2 aliphatic heterocycles. The molecule has 0 spiro atoms. The van der Waals surface area contributed by atoms with Gasteiger partial charge in [0, 0.05) is 37.9 Å². The molecule has 7 nitrogen and oxygen atoms in total. The van der Waals surface area contributed by atoms with Crippen molar-refractivity contribution in [2.45, 2.75) is 70.3 Å². The van der Waals surface area contributed by atoms with Crippen LogP contribution in [-0.2, 0) is 16.0 Å². The second-order valence-electron chi connectivity index (χ2n) is 8.57. The van der Waals surface area contributed by atoms with E-state index in [0.717, 1.165) is 74.9 Å². The van der Waals surface area contributed by atoms with Crippen molar-refractivity contribution < 1.29 is 18.9 Å². The molecule has 32 heavy (non-hydrogen) atoms. The van der Waals surface area contributed by atoms with E-state index in [2.05, 4.69) is 23.2 Å². The Morgan fingerprint density at radius 2 is 1.94 bits per heavy atom. The average molecular weight is 559 g/mol. The summed E-state index contributed by atoms with van der Waals surface area (Å²) in [4.78, 5) is 7.28.